The van der Waals surface area contributed by atoms with Crippen LogP contribution in [-0.2, 0) is 6.18 Å². The Morgan fingerprint density at radius 3 is 2.62 bits per heavy atom. The van der Waals surface area contributed by atoms with E-state index in [1.807, 2.05) is 11.0 Å². The van der Waals surface area contributed by atoms with Crippen LogP contribution in [0.2, 0.25) is 0 Å². The molecule has 0 spiro atoms. The minimum absolute atomic E-state index is 0.0763. The second-order valence-electron chi connectivity index (χ2n) is 8.76. The highest BCUT2D eigenvalue weighted by Gasteiger charge is 2.35. The molecule has 1 fully saturated rings. The largest absolute Gasteiger partial charge is 0.493 e. The third kappa shape index (κ3) is 5.85. The maximum atomic E-state index is 14.0. The molecule has 3 N–H and O–H groups in total. The summed E-state index contributed by atoms with van der Waals surface area (Å²) < 4.78 is 61.2. The smallest absolute Gasteiger partial charge is 0.419 e. The topological polar surface area (TPSA) is 100 Å². The second-order valence-corrected chi connectivity index (χ2v) is 8.76. The minimum atomic E-state index is -4.65. The average molecular weight is 515 g/mol. The van der Waals surface area contributed by atoms with Crippen molar-refractivity contribution in [3.8, 4) is 23.1 Å². The van der Waals surface area contributed by atoms with Crippen LogP contribution in [0, 0.1) is 23.1 Å². The number of nitrogens with one attached hydrogen (secondary N) is 1. The Labute approximate surface area is 211 Å². The van der Waals surface area contributed by atoms with Gasteiger partial charge in [0.15, 0.2) is 17.3 Å². The number of hydrogen-bond acceptors (Lipinski definition) is 7. The van der Waals surface area contributed by atoms with E-state index in [1.54, 1.807) is 19.3 Å². The van der Waals surface area contributed by atoms with Gasteiger partial charge in [0.1, 0.15) is 11.8 Å². The lowest BCUT2D eigenvalue weighted by molar-refractivity contribution is -0.138. The van der Waals surface area contributed by atoms with Crippen LogP contribution in [0.4, 0.5) is 34.8 Å². The van der Waals surface area contributed by atoms with Gasteiger partial charge in [-0.2, -0.15) is 18.4 Å². The fraction of sp³-hybridized carbons (Fsp3) is 0.346. The normalized spacial score (nSPS) is 14.3. The third-order valence-electron chi connectivity index (χ3n) is 6.45. The summed E-state index contributed by atoms with van der Waals surface area (Å²) in [4.78, 5) is 10.1. The first-order chi connectivity index (χ1) is 17.7. The fourth-order valence-corrected chi connectivity index (χ4v) is 4.41. The molecule has 0 aliphatic carbocycles. The predicted molar refractivity (Wildman–Crippen MR) is 133 cm³/mol. The number of nitriles is 1. The van der Waals surface area contributed by atoms with E-state index in [1.165, 1.54) is 24.3 Å². The van der Waals surface area contributed by atoms with Crippen LogP contribution in [0.15, 0.2) is 42.6 Å². The van der Waals surface area contributed by atoms with Crippen molar-refractivity contribution in [1.29, 1.82) is 5.26 Å². The molecule has 1 saturated heterocycles. The van der Waals surface area contributed by atoms with E-state index in [0.29, 0.717) is 31.0 Å². The molecule has 0 atom stereocenters. The number of pyridine rings is 2. The predicted octanol–water partition coefficient (Wildman–Crippen LogP) is 5.48. The van der Waals surface area contributed by atoms with Crippen LogP contribution in [0.25, 0.3) is 11.3 Å². The summed E-state index contributed by atoms with van der Waals surface area (Å²) in [7, 11) is 1.59. The van der Waals surface area contributed by atoms with Gasteiger partial charge >= 0.3 is 6.18 Å². The van der Waals surface area contributed by atoms with Crippen LogP contribution >= 0.6 is 0 Å². The lowest BCUT2D eigenvalue weighted by Crippen LogP contribution is -2.35. The van der Waals surface area contributed by atoms with Gasteiger partial charge in [0.05, 0.1) is 29.2 Å². The third-order valence-corrected chi connectivity index (χ3v) is 6.45. The molecule has 0 amide bonds. The van der Waals surface area contributed by atoms with E-state index in [4.69, 9.17) is 10.5 Å². The molecule has 0 unspecified atom stereocenters. The van der Waals surface area contributed by atoms with Gasteiger partial charge in [0.25, 0.3) is 0 Å². The number of anilines is 3. The van der Waals surface area contributed by atoms with Gasteiger partial charge in [-0.05, 0) is 61.6 Å². The van der Waals surface area contributed by atoms with Crippen molar-refractivity contribution in [2.45, 2.75) is 25.4 Å². The first-order valence-electron chi connectivity index (χ1n) is 11.8. The van der Waals surface area contributed by atoms with Crippen LogP contribution in [0.3, 0.4) is 0 Å². The van der Waals surface area contributed by atoms with Crippen molar-refractivity contribution in [3.63, 3.8) is 0 Å². The number of nitrogens with two attached hydrogens (primary N) is 1. The van der Waals surface area contributed by atoms with Crippen molar-refractivity contribution >= 4 is 17.2 Å². The molecule has 1 aromatic carbocycles. The van der Waals surface area contributed by atoms with Gasteiger partial charge < -0.3 is 20.7 Å². The summed E-state index contributed by atoms with van der Waals surface area (Å²) in [5.74, 6) is -0.0620. The summed E-state index contributed by atoms with van der Waals surface area (Å²) in [6.45, 7) is 1.36. The Bertz CT molecular complexity index is 1300. The van der Waals surface area contributed by atoms with Crippen molar-refractivity contribution in [3.05, 3.63) is 59.7 Å². The molecule has 0 radical (unpaired) electrons. The zero-order valence-corrected chi connectivity index (χ0v) is 20.1. The zero-order valence-electron chi connectivity index (χ0n) is 20.1. The molecule has 3 heterocycles. The first-order valence-corrected chi connectivity index (χ1v) is 11.8. The molecular formula is C26H26F4N6O. The van der Waals surface area contributed by atoms with E-state index in [0.717, 1.165) is 18.9 Å². The van der Waals surface area contributed by atoms with E-state index < -0.39 is 11.7 Å². The fourth-order valence-electron chi connectivity index (χ4n) is 4.41. The molecule has 0 saturated carbocycles. The number of ether oxygens (including phenoxy) is 1. The minimum Gasteiger partial charge on any atom is -0.493 e. The highest BCUT2D eigenvalue weighted by Crippen LogP contribution is 2.39. The Hall–Kier alpha value is -4.07. The van der Waals surface area contributed by atoms with Crippen LogP contribution in [-0.4, -0.2) is 36.7 Å². The lowest BCUT2D eigenvalue weighted by atomic mass is 9.94. The Morgan fingerprint density at radius 2 is 1.97 bits per heavy atom. The molecule has 1 aliphatic rings. The van der Waals surface area contributed by atoms with Gasteiger partial charge in [-0.3, -0.25) is 0 Å². The number of rotatable bonds is 7. The molecule has 194 valence electrons. The first kappa shape index (κ1) is 26.0. The molecular weight excluding hydrogens is 488 g/mol. The molecule has 0 bridgehead atoms. The van der Waals surface area contributed by atoms with Crippen molar-refractivity contribution < 1.29 is 22.3 Å². The monoisotopic (exact) mass is 514 g/mol. The summed E-state index contributed by atoms with van der Waals surface area (Å²) in [6.07, 6.45) is -0.993. The molecule has 1 aliphatic heterocycles. The van der Waals surface area contributed by atoms with Crippen LogP contribution in [0.5, 0.6) is 5.75 Å². The number of alkyl halides is 3. The number of benzene rings is 1. The summed E-state index contributed by atoms with van der Waals surface area (Å²) in [6, 6.07) is 9.99. The molecule has 4 rings (SSSR count). The van der Waals surface area contributed by atoms with E-state index in [2.05, 4.69) is 15.3 Å². The quantitative estimate of drug-likeness (QED) is 0.403. The maximum Gasteiger partial charge on any atom is 0.419 e. The van der Waals surface area contributed by atoms with Gasteiger partial charge in [0, 0.05) is 31.9 Å². The van der Waals surface area contributed by atoms with Crippen molar-refractivity contribution in [2.24, 2.45) is 5.92 Å². The average Bonchev–Trinajstić information content (AvgIpc) is 2.89. The van der Waals surface area contributed by atoms with E-state index >= 15 is 0 Å². The molecule has 3 aromatic rings. The number of piperidine rings is 1. The van der Waals surface area contributed by atoms with Gasteiger partial charge in [-0.1, -0.05) is 0 Å². The zero-order chi connectivity index (χ0) is 26.6. The number of halogens is 4. The summed E-state index contributed by atoms with van der Waals surface area (Å²) in [5, 5.41) is 12.1. The van der Waals surface area contributed by atoms with Crippen molar-refractivity contribution in [1.82, 2.24) is 9.97 Å². The SMILES string of the molecule is CNc1cc(-c2ccc(OCCC3CCN(c4ncccc4F)CC3)c(C(F)(F)F)c2)nc(C#N)c1N. The number of aromatic nitrogens is 2. The lowest BCUT2D eigenvalue weighted by Gasteiger charge is -2.32. The van der Waals surface area contributed by atoms with Gasteiger partial charge in [-0.15, -0.1) is 0 Å². The highest BCUT2D eigenvalue weighted by atomic mass is 19.4. The molecule has 37 heavy (non-hydrogen) atoms. The number of nitrogen functional groups attached to an aromatic ring is 1. The van der Waals surface area contributed by atoms with E-state index in [-0.39, 0.29) is 46.7 Å². The highest BCUT2D eigenvalue weighted by molar-refractivity contribution is 5.77. The molecule has 7 nitrogen and oxygen atoms in total. The number of hydrogen-bond donors (Lipinski definition) is 2. The Kier molecular flexibility index (Phi) is 7.66. The Balaban J connectivity index is 1.43. The van der Waals surface area contributed by atoms with Crippen molar-refractivity contribution in [2.75, 3.05) is 42.7 Å². The van der Waals surface area contributed by atoms with E-state index in [9.17, 15) is 22.8 Å². The molecule has 2 aromatic heterocycles. The van der Waals surface area contributed by atoms with Crippen LogP contribution < -0.4 is 20.7 Å². The van der Waals surface area contributed by atoms with Gasteiger partial charge in [-0.25, -0.2) is 14.4 Å². The molecule has 11 heteroatoms. The van der Waals surface area contributed by atoms with Crippen LogP contribution in [0.1, 0.15) is 30.5 Å². The summed E-state index contributed by atoms with van der Waals surface area (Å²) in [5.41, 5.74) is 5.75. The second kappa shape index (κ2) is 10.9. The van der Waals surface area contributed by atoms with Gasteiger partial charge in [0.2, 0.25) is 0 Å². The number of nitrogens with zero attached hydrogens (tertiary/aromatic N) is 4. The summed E-state index contributed by atoms with van der Waals surface area (Å²) >= 11 is 0. The standard InChI is InChI=1S/C26H26F4N6O/c1-33-21-14-20(35-22(15-31)24(21)32)17-4-5-23(18(13-17)26(28,29)30)37-12-8-16-6-10-36(11-7-16)25-19(27)3-2-9-34-25/h2-5,9,13-14,16H,6-8,10-12,32H2,1H3,(H,33,35). The Morgan fingerprint density at radius 1 is 1.22 bits per heavy atom. The maximum absolute atomic E-state index is 14.0.